The highest BCUT2D eigenvalue weighted by molar-refractivity contribution is 5.78. The van der Waals surface area contributed by atoms with E-state index in [0.717, 1.165) is 13.1 Å². The van der Waals surface area contributed by atoms with E-state index in [4.69, 9.17) is 10.5 Å². The number of nitrogens with one attached hydrogen (secondary N) is 1. The molecule has 1 aliphatic carbocycles. The van der Waals surface area contributed by atoms with Gasteiger partial charge in [0.25, 0.3) is 0 Å². The Bertz CT molecular complexity index is 334. The number of rotatable bonds is 5. The molecule has 0 spiro atoms. The minimum Gasteiger partial charge on any atom is -0.378 e. The molecule has 1 aliphatic heterocycles. The lowest BCUT2D eigenvalue weighted by atomic mass is 10.0. The Morgan fingerprint density at radius 2 is 2.00 bits per heavy atom. The van der Waals surface area contributed by atoms with Crippen LogP contribution in [0.5, 0.6) is 0 Å². The van der Waals surface area contributed by atoms with Gasteiger partial charge in [-0.3, -0.25) is 9.79 Å². The molecule has 1 heterocycles. The van der Waals surface area contributed by atoms with Crippen molar-refractivity contribution in [2.75, 3.05) is 39.4 Å². The number of hydrogen-bond donors (Lipinski definition) is 2. The van der Waals surface area contributed by atoms with Crippen LogP contribution in [0.25, 0.3) is 0 Å². The number of carbonyl (C=O) groups excluding carboxylic acids is 1. The fourth-order valence-electron chi connectivity index (χ4n) is 2.81. The Kier molecular flexibility index (Phi) is 6.11. The first-order valence-corrected chi connectivity index (χ1v) is 7.65. The number of nitrogens with two attached hydrogens (primary N) is 1. The van der Waals surface area contributed by atoms with E-state index < -0.39 is 0 Å². The largest absolute Gasteiger partial charge is 0.378 e. The second-order valence-corrected chi connectivity index (χ2v) is 5.54. The molecule has 114 valence electrons. The number of morpholine rings is 1. The average molecular weight is 282 g/mol. The second kappa shape index (κ2) is 8.09. The smallest absolute Gasteiger partial charge is 0.220 e. The topological polar surface area (TPSA) is 79.9 Å². The van der Waals surface area contributed by atoms with Crippen molar-refractivity contribution in [2.45, 2.75) is 32.1 Å². The molecule has 3 N–H and O–H groups in total. The van der Waals surface area contributed by atoms with E-state index in [-0.39, 0.29) is 5.91 Å². The minimum atomic E-state index is 0.150. The summed E-state index contributed by atoms with van der Waals surface area (Å²) in [6.45, 7) is 4.10. The van der Waals surface area contributed by atoms with E-state index >= 15 is 0 Å². The average Bonchev–Trinajstić information content (AvgIpc) is 2.97. The SMILES string of the molecule is NC(=NCCNC(=O)CC1CCCC1)N1CCOCC1. The molecule has 20 heavy (non-hydrogen) atoms. The summed E-state index contributed by atoms with van der Waals surface area (Å²) >= 11 is 0. The van der Waals surface area contributed by atoms with Crippen LogP contribution in [0, 0.1) is 5.92 Å². The molecule has 1 amide bonds. The van der Waals surface area contributed by atoms with Crippen molar-refractivity contribution in [3.05, 3.63) is 0 Å². The third kappa shape index (κ3) is 5.00. The van der Waals surface area contributed by atoms with Gasteiger partial charge in [0.05, 0.1) is 19.8 Å². The predicted octanol–water partition coefficient (Wildman–Crippen LogP) is 0.330. The van der Waals surface area contributed by atoms with Gasteiger partial charge in [0.2, 0.25) is 5.91 Å². The van der Waals surface area contributed by atoms with Crippen LogP contribution in [-0.4, -0.2) is 56.2 Å². The maximum absolute atomic E-state index is 11.7. The summed E-state index contributed by atoms with van der Waals surface area (Å²) in [4.78, 5) is 18.0. The molecule has 0 bridgehead atoms. The zero-order valence-electron chi connectivity index (χ0n) is 12.1. The van der Waals surface area contributed by atoms with Crippen molar-refractivity contribution in [2.24, 2.45) is 16.6 Å². The molecular weight excluding hydrogens is 256 g/mol. The first-order valence-electron chi connectivity index (χ1n) is 7.65. The highest BCUT2D eigenvalue weighted by Crippen LogP contribution is 2.27. The van der Waals surface area contributed by atoms with Crippen LogP contribution in [0.15, 0.2) is 4.99 Å². The van der Waals surface area contributed by atoms with Crippen molar-refractivity contribution in [3.8, 4) is 0 Å². The van der Waals surface area contributed by atoms with E-state index in [1.54, 1.807) is 0 Å². The molecule has 0 aromatic carbocycles. The van der Waals surface area contributed by atoms with E-state index in [2.05, 4.69) is 10.3 Å². The molecule has 2 rings (SSSR count). The van der Waals surface area contributed by atoms with Gasteiger partial charge in [-0.05, 0) is 18.8 Å². The summed E-state index contributed by atoms with van der Waals surface area (Å²) < 4.78 is 5.26. The van der Waals surface area contributed by atoms with Gasteiger partial charge < -0.3 is 20.7 Å². The Morgan fingerprint density at radius 3 is 2.70 bits per heavy atom. The molecular formula is C14H26N4O2. The quantitative estimate of drug-likeness (QED) is 0.433. The van der Waals surface area contributed by atoms with E-state index in [9.17, 15) is 4.79 Å². The summed E-state index contributed by atoms with van der Waals surface area (Å²) in [6, 6.07) is 0. The Morgan fingerprint density at radius 1 is 1.30 bits per heavy atom. The number of aliphatic imine (C=N–C) groups is 1. The lowest BCUT2D eigenvalue weighted by Crippen LogP contribution is -2.45. The number of hydrogen-bond acceptors (Lipinski definition) is 3. The van der Waals surface area contributed by atoms with E-state index in [1.807, 2.05) is 4.90 Å². The summed E-state index contributed by atoms with van der Waals surface area (Å²) in [5.41, 5.74) is 5.91. The molecule has 6 nitrogen and oxygen atoms in total. The van der Waals surface area contributed by atoms with Crippen molar-refractivity contribution >= 4 is 11.9 Å². The molecule has 0 aromatic rings. The van der Waals surface area contributed by atoms with Crippen LogP contribution in [0.4, 0.5) is 0 Å². The van der Waals surface area contributed by atoms with Crippen LogP contribution >= 0.6 is 0 Å². The third-order valence-electron chi connectivity index (χ3n) is 3.99. The fourth-order valence-corrected chi connectivity index (χ4v) is 2.81. The molecule has 1 saturated heterocycles. The maximum Gasteiger partial charge on any atom is 0.220 e. The van der Waals surface area contributed by atoms with E-state index in [1.165, 1.54) is 25.7 Å². The molecule has 0 radical (unpaired) electrons. The summed E-state index contributed by atoms with van der Waals surface area (Å²) in [5, 5.41) is 2.92. The number of ether oxygens (including phenoxy) is 1. The fraction of sp³-hybridized carbons (Fsp3) is 0.857. The van der Waals surface area contributed by atoms with Gasteiger partial charge in [0.15, 0.2) is 5.96 Å². The van der Waals surface area contributed by atoms with Gasteiger partial charge in [-0.1, -0.05) is 12.8 Å². The van der Waals surface area contributed by atoms with Crippen LogP contribution < -0.4 is 11.1 Å². The van der Waals surface area contributed by atoms with Crippen molar-refractivity contribution in [1.82, 2.24) is 10.2 Å². The van der Waals surface area contributed by atoms with Gasteiger partial charge in [-0.15, -0.1) is 0 Å². The molecule has 1 saturated carbocycles. The van der Waals surface area contributed by atoms with Crippen LogP contribution in [0.1, 0.15) is 32.1 Å². The Balaban J connectivity index is 1.58. The molecule has 0 aromatic heterocycles. The first kappa shape index (κ1) is 15.1. The number of nitrogens with zero attached hydrogens (tertiary/aromatic N) is 2. The van der Waals surface area contributed by atoms with Crippen LogP contribution in [0.2, 0.25) is 0 Å². The third-order valence-corrected chi connectivity index (χ3v) is 3.99. The molecule has 2 aliphatic rings. The summed E-state index contributed by atoms with van der Waals surface area (Å²) in [5.74, 6) is 1.30. The highest BCUT2D eigenvalue weighted by atomic mass is 16.5. The van der Waals surface area contributed by atoms with Gasteiger partial charge in [0, 0.05) is 26.1 Å². The first-order chi connectivity index (χ1) is 9.75. The van der Waals surface area contributed by atoms with Crippen LogP contribution in [0.3, 0.4) is 0 Å². The van der Waals surface area contributed by atoms with Crippen molar-refractivity contribution in [3.63, 3.8) is 0 Å². The maximum atomic E-state index is 11.7. The van der Waals surface area contributed by atoms with Crippen molar-refractivity contribution < 1.29 is 9.53 Å². The molecule has 6 heteroatoms. The lowest BCUT2D eigenvalue weighted by Gasteiger charge is -2.27. The zero-order chi connectivity index (χ0) is 14.2. The predicted molar refractivity (Wildman–Crippen MR) is 78.5 cm³/mol. The normalized spacial score (nSPS) is 21.2. The summed E-state index contributed by atoms with van der Waals surface area (Å²) in [7, 11) is 0. The van der Waals surface area contributed by atoms with Gasteiger partial charge >= 0.3 is 0 Å². The number of amides is 1. The van der Waals surface area contributed by atoms with Gasteiger partial charge in [-0.2, -0.15) is 0 Å². The highest BCUT2D eigenvalue weighted by Gasteiger charge is 2.18. The van der Waals surface area contributed by atoms with Crippen LogP contribution in [-0.2, 0) is 9.53 Å². The van der Waals surface area contributed by atoms with Crippen molar-refractivity contribution in [1.29, 1.82) is 0 Å². The van der Waals surface area contributed by atoms with Gasteiger partial charge in [0.1, 0.15) is 0 Å². The molecule has 2 fully saturated rings. The zero-order valence-corrected chi connectivity index (χ0v) is 12.1. The monoisotopic (exact) mass is 282 g/mol. The summed E-state index contributed by atoms with van der Waals surface area (Å²) in [6.07, 6.45) is 5.63. The van der Waals surface area contributed by atoms with Gasteiger partial charge in [-0.25, -0.2) is 0 Å². The Hall–Kier alpha value is -1.30. The Labute approximate surface area is 120 Å². The standard InChI is InChI=1S/C14H26N4O2/c15-14(18-7-9-20-10-8-18)17-6-5-16-13(19)11-12-3-1-2-4-12/h12H,1-11H2,(H2,15,17)(H,16,19). The number of carbonyl (C=O) groups is 1. The number of guanidine groups is 1. The lowest BCUT2D eigenvalue weighted by molar-refractivity contribution is -0.121. The minimum absolute atomic E-state index is 0.150. The second-order valence-electron chi connectivity index (χ2n) is 5.54. The molecule has 0 unspecified atom stereocenters. The molecule has 0 atom stereocenters. The van der Waals surface area contributed by atoms with E-state index in [0.29, 0.717) is 44.6 Å².